The van der Waals surface area contributed by atoms with Crippen LogP contribution < -0.4 is 9.13 Å². The molecule has 0 radical (unpaired) electrons. The summed E-state index contributed by atoms with van der Waals surface area (Å²) in [5.41, 5.74) is 3.48. The summed E-state index contributed by atoms with van der Waals surface area (Å²) in [6, 6.07) is 15.5. The molecule has 0 unspecified atom stereocenters. The Hall–Kier alpha value is -3.28. The van der Waals surface area contributed by atoms with Crippen molar-refractivity contribution >= 4 is 10.9 Å². The van der Waals surface area contributed by atoms with E-state index in [1.807, 2.05) is 63.2 Å². The average molecular weight is 395 g/mol. The minimum atomic E-state index is -4.46. The van der Waals surface area contributed by atoms with Crippen LogP contribution in [0.15, 0.2) is 67.1 Å². The summed E-state index contributed by atoms with van der Waals surface area (Å²) in [6.45, 7) is 5.60. The maximum absolute atomic E-state index is 13.7. The normalized spacial score (nSPS) is 11.8. The minimum absolute atomic E-state index is 0.460. The predicted octanol–water partition coefficient (Wildman–Crippen LogP) is 4.73. The van der Waals surface area contributed by atoms with Gasteiger partial charge in [-0.05, 0) is 37.0 Å². The fourth-order valence-corrected chi connectivity index (χ4v) is 3.62. The molecule has 0 fully saturated rings. The van der Waals surface area contributed by atoms with E-state index in [2.05, 4.69) is 4.98 Å². The number of benzene rings is 2. The lowest BCUT2D eigenvalue weighted by atomic mass is 10.0. The molecule has 6 heteroatoms. The van der Waals surface area contributed by atoms with E-state index in [4.69, 9.17) is 0 Å². The van der Waals surface area contributed by atoms with Crippen molar-refractivity contribution in [3.63, 3.8) is 0 Å². The van der Waals surface area contributed by atoms with Gasteiger partial charge in [-0.15, -0.1) is 0 Å². The number of para-hydroxylation sites is 1. The van der Waals surface area contributed by atoms with Crippen molar-refractivity contribution in [3.05, 3.63) is 89.6 Å². The largest absolute Gasteiger partial charge is 0.416 e. The zero-order valence-corrected chi connectivity index (χ0v) is 16.3. The molecule has 0 aliphatic heterocycles. The summed E-state index contributed by atoms with van der Waals surface area (Å²) in [5.74, 6) is 0. The molecule has 2 aromatic heterocycles. The number of fused-ring (bicyclic) bond motifs is 1. The lowest BCUT2D eigenvalue weighted by Crippen LogP contribution is -2.40. The summed E-state index contributed by atoms with van der Waals surface area (Å²) < 4.78 is 44.7. The zero-order chi connectivity index (χ0) is 20.8. The predicted molar refractivity (Wildman–Crippen MR) is 104 cm³/mol. The third-order valence-electron chi connectivity index (χ3n) is 5.23. The standard InChI is InChI=1S/C23H20F3N3/c1-15-8-6-7-11-28(15)21-12-18(23(24,25)26)13-22(16(21)2)29-14-27-20-10-5-4-9-19(20)17(29)3/h4-14H,1-3H3/q+2. The smallest absolute Gasteiger partial charge is 0.199 e. The Labute approximate surface area is 166 Å². The molecule has 0 spiro atoms. The molecule has 0 N–H and O–H groups in total. The summed E-state index contributed by atoms with van der Waals surface area (Å²) in [4.78, 5) is 4.45. The summed E-state index contributed by atoms with van der Waals surface area (Å²) in [5, 5.41) is 0.900. The zero-order valence-electron chi connectivity index (χ0n) is 16.3. The van der Waals surface area contributed by atoms with Gasteiger partial charge in [0.2, 0.25) is 5.69 Å². The number of pyridine rings is 1. The van der Waals surface area contributed by atoms with Crippen molar-refractivity contribution in [3.8, 4) is 11.4 Å². The van der Waals surface area contributed by atoms with Gasteiger partial charge in [0, 0.05) is 25.1 Å². The van der Waals surface area contributed by atoms with Gasteiger partial charge >= 0.3 is 6.18 Å². The van der Waals surface area contributed by atoms with Crippen LogP contribution in [0.25, 0.3) is 22.3 Å². The van der Waals surface area contributed by atoms with Crippen molar-refractivity contribution in [2.24, 2.45) is 0 Å². The number of aromatic nitrogens is 3. The highest BCUT2D eigenvalue weighted by molar-refractivity contribution is 5.79. The van der Waals surface area contributed by atoms with Gasteiger partial charge in [-0.3, -0.25) is 0 Å². The molecular formula is C23H20F3N3+2. The van der Waals surface area contributed by atoms with Gasteiger partial charge in [0.15, 0.2) is 17.4 Å². The van der Waals surface area contributed by atoms with Gasteiger partial charge in [0.25, 0.3) is 6.33 Å². The van der Waals surface area contributed by atoms with Gasteiger partial charge in [0.1, 0.15) is 11.4 Å². The molecule has 2 heterocycles. The van der Waals surface area contributed by atoms with Crippen molar-refractivity contribution < 1.29 is 22.3 Å². The fraction of sp³-hybridized carbons (Fsp3) is 0.174. The first-order chi connectivity index (χ1) is 13.8. The number of alkyl halides is 3. The molecule has 0 aliphatic rings. The number of nitrogens with zero attached hydrogens (tertiary/aromatic N) is 3. The number of halogens is 3. The van der Waals surface area contributed by atoms with Crippen LogP contribution in [0.5, 0.6) is 0 Å². The quantitative estimate of drug-likeness (QED) is 0.450. The Morgan fingerprint density at radius 2 is 1.48 bits per heavy atom. The summed E-state index contributed by atoms with van der Waals surface area (Å²) >= 11 is 0. The van der Waals surface area contributed by atoms with E-state index in [9.17, 15) is 13.2 Å². The van der Waals surface area contributed by atoms with E-state index in [0.717, 1.165) is 27.9 Å². The van der Waals surface area contributed by atoms with Gasteiger partial charge in [-0.1, -0.05) is 18.2 Å². The van der Waals surface area contributed by atoms with Crippen molar-refractivity contribution in [1.82, 2.24) is 4.98 Å². The van der Waals surface area contributed by atoms with Crippen LogP contribution in [0.3, 0.4) is 0 Å². The fourth-order valence-electron chi connectivity index (χ4n) is 3.62. The van der Waals surface area contributed by atoms with Crippen LogP contribution in [0.4, 0.5) is 13.2 Å². The van der Waals surface area contributed by atoms with Crippen LogP contribution in [-0.4, -0.2) is 4.98 Å². The van der Waals surface area contributed by atoms with Gasteiger partial charge < -0.3 is 0 Å². The summed E-state index contributed by atoms with van der Waals surface area (Å²) in [7, 11) is 0. The molecule has 0 bridgehead atoms. The Kier molecular flexibility index (Phi) is 4.57. The molecule has 0 aliphatic carbocycles. The van der Waals surface area contributed by atoms with Crippen molar-refractivity contribution in [2.75, 3.05) is 0 Å². The van der Waals surface area contributed by atoms with E-state index < -0.39 is 11.7 Å². The van der Waals surface area contributed by atoms with Crippen LogP contribution >= 0.6 is 0 Å². The highest BCUT2D eigenvalue weighted by atomic mass is 19.4. The Morgan fingerprint density at radius 3 is 2.17 bits per heavy atom. The Bertz CT molecular complexity index is 1230. The highest BCUT2D eigenvalue weighted by Gasteiger charge is 2.35. The molecule has 146 valence electrons. The van der Waals surface area contributed by atoms with Gasteiger partial charge in [-0.2, -0.15) is 22.3 Å². The lowest BCUT2D eigenvalue weighted by molar-refractivity contribution is -0.612. The van der Waals surface area contributed by atoms with E-state index in [-0.39, 0.29) is 0 Å². The van der Waals surface area contributed by atoms with E-state index >= 15 is 0 Å². The van der Waals surface area contributed by atoms with Gasteiger partial charge in [0.05, 0.1) is 16.5 Å². The molecule has 0 amide bonds. The Morgan fingerprint density at radius 1 is 0.828 bits per heavy atom. The van der Waals surface area contributed by atoms with E-state index in [0.29, 0.717) is 11.4 Å². The summed E-state index contributed by atoms with van der Waals surface area (Å²) in [6.07, 6.45) is -1.09. The maximum atomic E-state index is 13.7. The molecule has 0 atom stereocenters. The first-order valence-electron chi connectivity index (χ1n) is 9.23. The molecule has 29 heavy (non-hydrogen) atoms. The van der Waals surface area contributed by atoms with Crippen LogP contribution in [0.1, 0.15) is 22.5 Å². The molecule has 4 rings (SSSR count). The van der Waals surface area contributed by atoms with Gasteiger partial charge in [-0.25, -0.2) is 0 Å². The minimum Gasteiger partial charge on any atom is -0.199 e. The van der Waals surface area contributed by atoms with Crippen LogP contribution in [0.2, 0.25) is 0 Å². The lowest BCUT2D eigenvalue weighted by Gasteiger charge is -2.14. The first-order valence-corrected chi connectivity index (χ1v) is 9.23. The highest BCUT2D eigenvalue weighted by Crippen LogP contribution is 2.32. The van der Waals surface area contributed by atoms with E-state index in [1.165, 1.54) is 12.1 Å². The topological polar surface area (TPSA) is 20.6 Å². The second kappa shape index (κ2) is 6.95. The number of aryl methyl sites for hydroxylation is 2. The maximum Gasteiger partial charge on any atom is 0.416 e. The second-order valence-electron chi connectivity index (χ2n) is 7.07. The van der Waals surface area contributed by atoms with Crippen LogP contribution in [0, 0.1) is 20.8 Å². The molecule has 2 aromatic carbocycles. The molecule has 4 aromatic rings. The number of hydrogen-bond acceptors (Lipinski definition) is 1. The van der Waals surface area contributed by atoms with Crippen molar-refractivity contribution in [1.29, 1.82) is 0 Å². The Balaban J connectivity index is 2.05. The number of rotatable bonds is 2. The second-order valence-corrected chi connectivity index (χ2v) is 7.07. The van der Waals surface area contributed by atoms with E-state index in [1.54, 1.807) is 21.7 Å². The number of hydrogen-bond donors (Lipinski definition) is 0. The average Bonchev–Trinajstić information content (AvgIpc) is 2.69. The van der Waals surface area contributed by atoms with Crippen LogP contribution in [-0.2, 0) is 6.18 Å². The molecule has 0 saturated heterocycles. The molecular weight excluding hydrogens is 375 g/mol. The molecule has 0 saturated carbocycles. The molecule has 3 nitrogen and oxygen atoms in total. The monoisotopic (exact) mass is 395 g/mol. The first kappa shape index (κ1) is 19.1. The third-order valence-corrected chi connectivity index (χ3v) is 5.23. The third kappa shape index (κ3) is 3.35. The SMILES string of the molecule is Cc1c(-[n+]2ccccc2C)cc(C(F)(F)F)cc1-[n+]1cnc2ccccc2c1C. The van der Waals surface area contributed by atoms with Crippen molar-refractivity contribution in [2.45, 2.75) is 26.9 Å².